The Morgan fingerprint density at radius 3 is 1.65 bits per heavy atom. The SMILES string of the molecule is CCC(=CC=CC(O)(C(F)(F)F)C(F)(F)F)c1cccc(CCc2ccc(C(O[Si](C)C)C(C)(C)C)c(C(O[Si](C)C)C(C)(C)C)c2)c1. The minimum absolute atomic E-state index is 0.114. The number of aryl methyl sites for hydroxylation is 2. The third kappa shape index (κ3) is 11.2. The normalized spacial score (nSPS) is 15.5. The summed E-state index contributed by atoms with van der Waals surface area (Å²) in [5, 5.41) is 9.45. The predicted octanol–water partition coefficient (Wildman–Crippen LogP) is 11.4. The molecule has 2 unspecified atom stereocenters. The molecule has 1 N–H and O–H groups in total. The molecule has 2 atom stereocenters. The van der Waals surface area contributed by atoms with Gasteiger partial charge in [-0.1, -0.05) is 103 Å². The molecule has 0 bridgehead atoms. The van der Waals surface area contributed by atoms with Crippen LogP contribution in [0.25, 0.3) is 5.57 Å². The maximum atomic E-state index is 13.1. The number of alkyl halides is 6. The summed E-state index contributed by atoms with van der Waals surface area (Å²) in [7, 11) is -2.06. The predicted molar refractivity (Wildman–Crippen MR) is 186 cm³/mol. The molecule has 0 heterocycles. The van der Waals surface area contributed by atoms with Gasteiger partial charge in [-0.2, -0.15) is 26.3 Å². The van der Waals surface area contributed by atoms with Crippen LogP contribution in [0.3, 0.4) is 0 Å². The summed E-state index contributed by atoms with van der Waals surface area (Å²) in [5.74, 6) is 0. The summed E-state index contributed by atoms with van der Waals surface area (Å²) in [5.41, 5.74) is 0.318. The first-order valence-corrected chi connectivity index (χ1v) is 21.0. The first kappa shape index (κ1) is 42.0. The lowest BCUT2D eigenvalue weighted by Crippen LogP contribution is -2.55. The van der Waals surface area contributed by atoms with E-state index in [4.69, 9.17) is 8.85 Å². The van der Waals surface area contributed by atoms with Crippen LogP contribution in [0.5, 0.6) is 0 Å². The van der Waals surface area contributed by atoms with Crippen LogP contribution in [0.4, 0.5) is 26.3 Å². The number of halogens is 6. The lowest BCUT2D eigenvalue weighted by atomic mass is 9.77. The Bertz CT molecular complexity index is 1390. The van der Waals surface area contributed by atoms with Crippen molar-refractivity contribution in [3.8, 4) is 0 Å². The Hall–Kier alpha value is -2.19. The fourth-order valence-corrected chi connectivity index (χ4v) is 7.32. The molecule has 48 heavy (non-hydrogen) atoms. The zero-order chi connectivity index (χ0) is 36.9. The van der Waals surface area contributed by atoms with Crippen LogP contribution in [-0.4, -0.2) is 41.1 Å². The molecule has 0 amide bonds. The highest BCUT2D eigenvalue weighted by molar-refractivity contribution is 6.48. The first-order chi connectivity index (χ1) is 21.8. The fraction of sp³-hybridized carbons (Fsp3) is 0.568. The maximum absolute atomic E-state index is 13.1. The van der Waals surface area contributed by atoms with Crippen LogP contribution < -0.4 is 0 Å². The Kier molecular flexibility index (Phi) is 14.2. The molecule has 2 aromatic rings. The molecule has 0 fully saturated rings. The van der Waals surface area contributed by atoms with Gasteiger partial charge >= 0.3 is 12.4 Å². The number of benzene rings is 2. The van der Waals surface area contributed by atoms with E-state index in [1.807, 2.05) is 18.2 Å². The number of hydrogen-bond acceptors (Lipinski definition) is 3. The summed E-state index contributed by atoms with van der Waals surface area (Å²) in [4.78, 5) is 0. The summed E-state index contributed by atoms with van der Waals surface area (Å²) in [6.07, 6.45) is -8.80. The largest absolute Gasteiger partial charge is 0.430 e. The van der Waals surface area contributed by atoms with E-state index in [2.05, 4.69) is 85.9 Å². The smallest absolute Gasteiger partial charge is 0.410 e. The van der Waals surface area contributed by atoms with Gasteiger partial charge < -0.3 is 14.0 Å². The van der Waals surface area contributed by atoms with Gasteiger partial charge in [0, 0.05) is 0 Å². The number of hydrogen-bond donors (Lipinski definition) is 1. The van der Waals surface area contributed by atoms with E-state index < -0.39 is 36.0 Å². The van der Waals surface area contributed by atoms with Gasteiger partial charge in [0.1, 0.15) is 0 Å². The average molecular weight is 715 g/mol. The highest BCUT2D eigenvalue weighted by Gasteiger charge is 2.68. The van der Waals surface area contributed by atoms with Gasteiger partial charge in [0.15, 0.2) is 0 Å². The van der Waals surface area contributed by atoms with Crippen LogP contribution in [-0.2, 0) is 21.7 Å². The number of rotatable bonds is 13. The molecule has 11 heteroatoms. The lowest BCUT2D eigenvalue weighted by Gasteiger charge is -2.39. The second-order valence-electron chi connectivity index (χ2n) is 14.9. The Morgan fingerprint density at radius 1 is 0.729 bits per heavy atom. The van der Waals surface area contributed by atoms with Crippen molar-refractivity contribution in [3.63, 3.8) is 0 Å². The van der Waals surface area contributed by atoms with Gasteiger partial charge in [-0.05, 0) is 95.7 Å². The first-order valence-electron chi connectivity index (χ1n) is 16.2. The van der Waals surface area contributed by atoms with E-state index in [9.17, 15) is 31.4 Å². The molecule has 0 aliphatic rings. The second kappa shape index (κ2) is 16.2. The molecule has 268 valence electrons. The van der Waals surface area contributed by atoms with Crippen LogP contribution in [0, 0.1) is 10.8 Å². The van der Waals surface area contributed by atoms with Crippen molar-refractivity contribution in [3.05, 3.63) is 88.5 Å². The monoisotopic (exact) mass is 714 g/mol. The van der Waals surface area contributed by atoms with E-state index in [1.165, 1.54) is 6.08 Å². The van der Waals surface area contributed by atoms with Crippen molar-refractivity contribution in [2.75, 3.05) is 0 Å². The Labute approximate surface area is 286 Å². The van der Waals surface area contributed by atoms with Crippen LogP contribution >= 0.6 is 0 Å². The number of allylic oxidation sites excluding steroid dienone is 3. The van der Waals surface area contributed by atoms with Crippen LogP contribution in [0.1, 0.15) is 94.9 Å². The van der Waals surface area contributed by atoms with Gasteiger partial charge in [-0.3, -0.25) is 0 Å². The van der Waals surface area contributed by atoms with Gasteiger partial charge in [0.2, 0.25) is 18.1 Å². The van der Waals surface area contributed by atoms with E-state index in [0.29, 0.717) is 36.5 Å². The third-order valence-corrected chi connectivity index (χ3v) is 9.29. The second-order valence-corrected chi connectivity index (χ2v) is 19.0. The van der Waals surface area contributed by atoms with Crippen LogP contribution in [0.2, 0.25) is 26.2 Å². The molecule has 2 rings (SSSR count). The quantitative estimate of drug-likeness (QED) is 0.128. The minimum Gasteiger partial charge on any atom is -0.410 e. The fourth-order valence-electron chi connectivity index (χ4n) is 5.42. The molecule has 2 aromatic carbocycles. The molecule has 0 aliphatic carbocycles. The van der Waals surface area contributed by atoms with E-state index in [0.717, 1.165) is 22.3 Å². The number of aliphatic hydroxyl groups is 1. The van der Waals surface area contributed by atoms with E-state index >= 15 is 0 Å². The molecule has 3 nitrogen and oxygen atoms in total. The van der Waals surface area contributed by atoms with Crippen LogP contribution in [0.15, 0.2) is 60.7 Å². The van der Waals surface area contributed by atoms with E-state index in [1.54, 1.807) is 13.0 Å². The van der Waals surface area contributed by atoms with Gasteiger partial charge in [-0.25, -0.2) is 0 Å². The zero-order valence-corrected chi connectivity index (χ0v) is 32.1. The van der Waals surface area contributed by atoms with Gasteiger partial charge in [0.05, 0.1) is 12.2 Å². The zero-order valence-electron chi connectivity index (χ0n) is 30.1. The van der Waals surface area contributed by atoms with Crippen molar-refractivity contribution >= 4 is 23.7 Å². The highest BCUT2D eigenvalue weighted by Crippen LogP contribution is 2.46. The minimum atomic E-state index is -5.91. The average Bonchev–Trinajstić information content (AvgIpc) is 2.93. The summed E-state index contributed by atoms with van der Waals surface area (Å²) >= 11 is 0. The lowest BCUT2D eigenvalue weighted by molar-refractivity contribution is -0.347. The summed E-state index contributed by atoms with van der Waals surface area (Å²) < 4.78 is 91.9. The molecule has 2 radical (unpaired) electrons. The molecule has 0 aromatic heterocycles. The third-order valence-electron chi connectivity index (χ3n) is 7.88. The Morgan fingerprint density at radius 2 is 1.21 bits per heavy atom. The molecule has 0 saturated heterocycles. The van der Waals surface area contributed by atoms with Gasteiger partial charge in [0.25, 0.3) is 5.60 Å². The Balaban J connectivity index is 2.50. The molecule has 0 spiro atoms. The summed E-state index contributed by atoms with van der Waals surface area (Å²) in [6.45, 7) is 23.5. The maximum Gasteiger partial charge on any atom is 0.430 e. The molecular formula is C37H52F6O3Si2. The van der Waals surface area contributed by atoms with Crippen molar-refractivity contribution < 1.29 is 40.3 Å². The molecular weight excluding hydrogens is 663 g/mol. The summed E-state index contributed by atoms with van der Waals surface area (Å²) in [6, 6.07) is 14.0. The molecule has 0 saturated carbocycles. The van der Waals surface area contributed by atoms with Crippen molar-refractivity contribution in [2.45, 2.75) is 124 Å². The topological polar surface area (TPSA) is 38.7 Å². The van der Waals surface area contributed by atoms with E-state index in [-0.39, 0.29) is 29.1 Å². The van der Waals surface area contributed by atoms with Gasteiger partial charge in [-0.15, -0.1) is 0 Å². The van der Waals surface area contributed by atoms with Crippen molar-refractivity contribution in [1.82, 2.24) is 0 Å². The molecule has 0 aliphatic heterocycles. The highest BCUT2D eigenvalue weighted by atomic mass is 28.3. The van der Waals surface area contributed by atoms with Crippen molar-refractivity contribution in [2.24, 2.45) is 10.8 Å². The van der Waals surface area contributed by atoms with Crippen molar-refractivity contribution in [1.29, 1.82) is 0 Å². The standard InChI is InChI=1S/C37H52F6O3Si2/c1-12-27(17-14-22-35(44,36(38,39)40)37(41,42)43)28-16-13-15-25(23-28)18-19-26-20-21-29(31(33(2,3)4)45-47(8)9)30(24-26)32(34(5,6)7)46-48(10)11/h13-17,20-24,31-32,44H,12,18-19H2,1-11H3.